The van der Waals surface area contributed by atoms with E-state index >= 15 is 0 Å². The van der Waals surface area contributed by atoms with Gasteiger partial charge in [0.2, 0.25) is 5.91 Å². The molecule has 0 aliphatic heterocycles. The fourth-order valence-corrected chi connectivity index (χ4v) is 4.35. The molecule has 158 valence electrons. The molecule has 2 amide bonds. The van der Waals surface area contributed by atoms with Gasteiger partial charge < -0.3 is 10.2 Å². The molecular formula is C22H26N4O2S2. The van der Waals surface area contributed by atoms with Gasteiger partial charge in [0.1, 0.15) is 0 Å². The van der Waals surface area contributed by atoms with Gasteiger partial charge in [0.15, 0.2) is 5.13 Å². The molecule has 0 aliphatic carbocycles. The third kappa shape index (κ3) is 5.98. The molecule has 2 aromatic heterocycles. The van der Waals surface area contributed by atoms with Crippen LogP contribution in [-0.4, -0.2) is 42.3 Å². The van der Waals surface area contributed by atoms with Crippen LogP contribution in [0.3, 0.4) is 0 Å². The van der Waals surface area contributed by atoms with Gasteiger partial charge in [-0.05, 0) is 43.1 Å². The van der Waals surface area contributed by atoms with Crippen LogP contribution in [0.4, 0.5) is 5.13 Å². The maximum absolute atomic E-state index is 12.4. The van der Waals surface area contributed by atoms with Crippen LogP contribution in [0, 0.1) is 0 Å². The summed E-state index contributed by atoms with van der Waals surface area (Å²) in [6, 6.07) is 12.2. The van der Waals surface area contributed by atoms with E-state index in [2.05, 4.69) is 51.7 Å². The highest BCUT2D eigenvalue weighted by molar-refractivity contribution is 7.14. The van der Waals surface area contributed by atoms with E-state index < -0.39 is 0 Å². The average Bonchev–Trinajstić information content (AvgIpc) is 3.41. The minimum absolute atomic E-state index is 0.0894. The number of aromatic nitrogens is 1. The number of carbonyl (C=O) groups is 2. The molecule has 0 aliphatic rings. The van der Waals surface area contributed by atoms with Crippen molar-refractivity contribution < 1.29 is 9.59 Å². The molecule has 0 spiro atoms. The first-order valence-electron chi connectivity index (χ1n) is 9.77. The zero-order valence-corrected chi connectivity index (χ0v) is 19.0. The van der Waals surface area contributed by atoms with Crippen molar-refractivity contribution in [1.29, 1.82) is 0 Å². The quantitative estimate of drug-likeness (QED) is 0.526. The van der Waals surface area contributed by atoms with E-state index in [9.17, 15) is 9.59 Å². The fourth-order valence-electron chi connectivity index (χ4n) is 3.02. The number of nitrogens with one attached hydrogen (secondary N) is 2. The van der Waals surface area contributed by atoms with Crippen LogP contribution in [0.15, 0.2) is 47.2 Å². The smallest absolute Gasteiger partial charge is 0.267 e. The van der Waals surface area contributed by atoms with E-state index in [0.29, 0.717) is 22.2 Å². The van der Waals surface area contributed by atoms with Crippen molar-refractivity contribution in [1.82, 2.24) is 15.2 Å². The number of hydrogen-bond acceptors (Lipinski definition) is 6. The molecular weight excluding hydrogens is 416 g/mol. The predicted octanol–water partition coefficient (Wildman–Crippen LogP) is 3.98. The molecule has 2 N–H and O–H groups in total. The molecule has 30 heavy (non-hydrogen) atoms. The highest BCUT2D eigenvalue weighted by atomic mass is 32.1. The molecule has 0 saturated heterocycles. The number of aryl methyl sites for hydroxylation is 1. The second kappa shape index (κ2) is 10.5. The first-order valence-corrected chi connectivity index (χ1v) is 11.5. The van der Waals surface area contributed by atoms with Crippen molar-refractivity contribution in [3.8, 4) is 0 Å². The lowest BCUT2D eigenvalue weighted by Gasteiger charge is -2.25. The van der Waals surface area contributed by atoms with Crippen LogP contribution in [0.1, 0.15) is 39.5 Å². The second-order valence-electron chi connectivity index (χ2n) is 7.13. The Hall–Kier alpha value is -2.55. The van der Waals surface area contributed by atoms with Crippen molar-refractivity contribution in [2.45, 2.75) is 25.8 Å². The van der Waals surface area contributed by atoms with Gasteiger partial charge in [0, 0.05) is 11.9 Å². The van der Waals surface area contributed by atoms with Gasteiger partial charge in [0.05, 0.1) is 23.0 Å². The molecule has 3 rings (SSSR count). The summed E-state index contributed by atoms with van der Waals surface area (Å²) in [4.78, 5) is 31.6. The summed E-state index contributed by atoms with van der Waals surface area (Å²) < 4.78 is 0. The number of likely N-dealkylation sites (N-methyl/N-ethyl adjacent to an activating group) is 1. The molecule has 8 heteroatoms. The summed E-state index contributed by atoms with van der Waals surface area (Å²) in [7, 11) is 4.01. The summed E-state index contributed by atoms with van der Waals surface area (Å²) in [5.74, 6) is -0.272. The summed E-state index contributed by atoms with van der Waals surface area (Å²) in [5, 5.41) is 9.94. The Kier molecular flexibility index (Phi) is 7.73. The first-order chi connectivity index (χ1) is 14.5. The van der Waals surface area contributed by atoms with Crippen LogP contribution < -0.4 is 10.6 Å². The van der Waals surface area contributed by atoms with Crippen molar-refractivity contribution in [3.63, 3.8) is 0 Å². The lowest BCUT2D eigenvalue weighted by atomic mass is 10.0. The Bertz CT molecular complexity index is 965. The fraction of sp³-hybridized carbons (Fsp3) is 0.318. The van der Waals surface area contributed by atoms with Gasteiger partial charge in [-0.2, -0.15) is 0 Å². The van der Waals surface area contributed by atoms with Gasteiger partial charge in [-0.1, -0.05) is 37.3 Å². The molecule has 1 aromatic carbocycles. The van der Waals surface area contributed by atoms with Crippen molar-refractivity contribution in [2.24, 2.45) is 0 Å². The van der Waals surface area contributed by atoms with E-state index in [1.807, 2.05) is 25.5 Å². The van der Waals surface area contributed by atoms with Crippen molar-refractivity contribution in [3.05, 3.63) is 68.9 Å². The number of thiazole rings is 1. The van der Waals surface area contributed by atoms with Crippen LogP contribution in [0.25, 0.3) is 0 Å². The third-order valence-corrected chi connectivity index (χ3v) is 6.42. The molecule has 6 nitrogen and oxygen atoms in total. The molecule has 0 saturated carbocycles. The zero-order valence-electron chi connectivity index (χ0n) is 17.3. The van der Waals surface area contributed by atoms with Crippen molar-refractivity contribution in [2.75, 3.05) is 26.0 Å². The highest BCUT2D eigenvalue weighted by Crippen LogP contribution is 2.20. The molecule has 0 fully saturated rings. The lowest BCUT2D eigenvalue weighted by molar-refractivity contribution is -0.120. The molecule has 3 aromatic rings. The van der Waals surface area contributed by atoms with Crippen LogP contribution >= 0.6 is 22.7 Å². The Morgan fingerprint density at radius 3 is 2.53 bits per heavy atom. The van der Waals surface area contributed by atoms with E-state index in [1.165, 1.54) is 33.8 Å². The van der Waals surface area contributed by atoms with Crippen LogP contribution in [0.5, 0.6) is 0 Å². The van der Waals surface area contributed by atoms with Gasteiger partial charge >= 0.3 is 0 Å². The van der Waals surface area contributed by atoms with Gasteiger partial charge in [-0.25, -0.2) is 4.98 Å². The SMILES string of the molecule is CCc1ccc(C(CNC(=O)Cc2csc(NC(=O)c3cccs3)n2)N(C)C)cc1. The van der Waals surface area contributed by atoms with Crippen LogP contribution in [-0.2, 0) is 17.6 Å². The number of hydrogen-bond donors (Lipinski definition) is 2. The number of amides is 2. The maximum atomic E-state index is 12.4. The van der Waals surface area contributed by atoms with Gasteiger partial charge in [-0.15, -0.1) is 22.7 Å². The second-order valence-corrected chi connectivity index (χ2v) is 8.94. The van der Waals surface area contributed by atoms with Gasteiger partial charge in [-0.3, -0.25) is 14.9 Å². The number of benzene rings is 1. The molecule has 1 atom stereocenters. The number of anilines is 1. The standard InChI is InChI=1S/C22H26N4O2S2/c1-4-15-7-9-16(10-8-15)18(26(2)3)13-23-20(27)12-17-14-30-22(24-17)25-21(28)19-6-5-11-29-19/h5-11,14,18H,4,12-13H2,1-3H3,(H,23,27)(H,24,25,28). The van der Waals surface area contributed by atoms with E-state index in [-0.39, 0.29) is 24.3 Å². The maximum Gasteiger partial charge on any atom is 0.267 e. The van der Waals surface area contributed by atoms with Crippen molar-refractivity contribution >= 4 is 39.6 Å². The Morgan fingerprint density at radius 2 is 1.90 bits per heavy atom. The summed E-state index contributed by atoms with van der Waals surface area (Å²) in [5.41, 5.74) is 3.11. The zero-order chi connectivity index (χ0) is 21.5. The number of thiophene rings is 1. The molecule has 2 heterocycles. The highest BCUT2D eigenvalue weighted by Gasteiger charge is 2.16. The largest absolute Gasteiger partial charge is 0.354 e. The summed E-state index contributed by atoms with van der Waals surface area (Å²) in [6.07, 6.45) is 1.19. The Morgan fingerprint density at radius 1 is 1.13 bits per heavy atom. The van der Waals surface area contributed by atoms with Gasteiger partial charge in [0.25, 0.3) is 5.91 Å². The predicted molar refractivity (Wildman–Crippen MR) is 123 cm³/mol. The third-order valence-electron chi connectivity index (χ3n) is 4.75. The molecule has 0 radical (unpaired) electrons. The normalized spacial score (nSPS) is 12.0. The summed E-state index contributed by atoms with van der Waals surface area (Å²) >= 11 is 2.70. The molecule has 0 bridgehead atoms. The topological polar surface area (TPSA) is 74.3 Å². The van der Waals surface area contributed by atoms with E-state index in [4.69, 9.17) is 0 Å². The Labute approximate surface area is 185 Å². The number of nitrogens with zero attached hydrogens (tertiary/aromatic N) is 2. The monoisotopic (exact) mass is 442 g/mol. The minimum atomic E-state index is -0.182. The Balaban J connectivity index is 1.53. The minimum Gasteiger partial charge on any atom is -0.354 e. The lowest BCUT2D eigenvalue weighted by Crippen LogP contribution is -2.35. The number of carbonyl (C=O) groups excluding carboxylic acids is 2. The average molecular weight is 443 g/mol. The van der Waals surface area contributed by atoms with E-state index in [1.54, 1.807) is 11.4 Å². The first kappa shape index (κ1) is 22.1. The number of rotatable bonds is 9. The summed E-state index contributed by atoms with van der Waals surface area (Å²) in [6.45, 7) is 2.65. The van der Waals surface area contributed by atoms with E-state index in [0.717, 1.165) is 6.42 Å². The molecule has 1 unspecified atom stereocenters. The van der Waals surface area contributed by atoms with Crippen LogP contribution in [0.2, 0.25) is 0 Å².